The van der Waals surface area contributed by atoms with Crippen molar-refractivity contribution in [1.82, 2.24) is 5.32 Å². The number of halogens is 1. The van der Waals surface area contributed by atoms with E-state index < -0.39 is 0 Å². The molecule has 0 spiro atoms. The van der Waals surface area contributed by atoms with E-state index in [1.165, 1.54) is 18.2 Å². The van der Waals surface area contributed by atoms with Gasteiger partial charge in [-0.05, 0) is 55.0 Å². The van der Waals surface area contributed by atoms with Crippen LogP contribution in [-0.2, 0) is 4.79 Å². The number of anilines is 1. The minimum Gasteiger partial charge on any atom is -0.332 e. The molecule has 0 atom stereocenters. The second-order valence-electron chi connectivity index (χ2n) is 4.69. The van der Waals surface area contributed by atoms with Crippen LogP contribution in [0.1, 0.15) is 11.1 Å². The van der Waals surface area contributed by atoms with Crippen molar-refractivity contribution in [1.29, 1.82) is 0 Å². The summed E-state index contributed by atoms with van der Waals surface area (Å²) in [4.78, 5) is 11.7. The molecule has 0 heterocycles. The summed E-state index contributed by atoms with van der Waals surface area (Å²) in [6.45, 7) is 1.99. The zero-order valence-electron chi connectivity index (χ0n) is 12.0. The largest absolute Gasteiger partial charge is 0.332 e. The van der Waals surface area contributed by atoms with Crippen LogP contribution in [0, 0.1) is 12.7 Å². The van der Waals surface area contributed by atoms with Gasteiger partial charge in [-0.1, -0.05) is 29.8 Å². The highest BCUT2D eigenvalue weighted by Gasteiger charge is 2.01. The van der Waals surface area contributed by atoms with Crippen LogP contribution in [0.3, 0.4) is 0 Å². The molecule has 0 aliphatic heterocycles. The van der Waals surface area contributed by atoms with E-state index in [0.717, 1.165) is 16.8 Å². The van der Waals surface area contributed by atoms with Crippen LogP contribution in [0.5, 0.6) is 0 Å². The van der Waals surface area contributed by atoms with Gasteiger partial charge in [0.15, 0.2) is 5.11 Å². The van der Waals surface area contributed by atoms with Crippen LogP contribution in [0.2, 0.25) is 0 Å². The van der Waals surface area contributed by atoms with Crippen molar-refractivity contribution in [2.45, 2.75) is 6.92 Å². The quantitative estimate of drug-likeness (QED) is 0.671. The fourth-order valence-electron chi connectivity index (χ4n) is 1.70. The first-order valence-electron chi connectivity index (χ1n) is 6.65. The van der Waals surface area contributed by atoms with Crippen LogP contribution < -0.4 is 10.6 Å². The van der Waals surface area contributed by atoms with Crippen molar-refractivity contribution < 1.29 is 9.18 Å². The minimum atomic E-state index is -0.353. The first-order valence-corrected chi connectivity index (χ1v) is 7.06. The maximum atomic E-state index is 12.8. The number of amides is 1. The van der Waals surface area contributed by atoms with Crippen molar-refractivity contribution >= 4 is 35.0 Å². The molecule has 0 saturated heterocycles. The van der Waals surface area contributed by atoms with Gasteiger partial charge in [0, 0.05) is 11.8 Å². The number of hydrogen-bond donors (Lipinski definition) is 2. The molecular formula is C17H15FN2OS. The summed E-state index contributed by atoms with van der Waals surface area (Å²) < 4.78 is 12.8. The minimum absolute atomic E-state index is 0.220. The van der Waals surface area contributed by atoms with Crippen LogP contribution in [0.4, 0.5) is 10.1 Å². The normalized spacial score (nSPS) is 10.5. The Morgan fingerprint density at radius 1 is 1.09 bits per heavy atom. The van der Waals surface area contributed by atoms with Crippen LogP contribution >= 0.6 is 12.2 Å². The van der Waals surface area contributed by atoms with E-state index in [1.54, 1.807) is 18.2 Å². The molecule has 22 heavy (non-hydrogen) atoms. The van der Waals surface area contributed by atoms with Crippen molar-refractivity contribution in [3.63, 3.8) is 0 Å². The van der Waals surface area contributed by atoms with Gasteiger partial charge >= 0.3 is 0 Å². The predicted molar refractivity (Wildman–Crippen MR) is 91.0 cm³/mol. The van der Waals surface area contributed by atoms with E-state index in [4.69, 9.17) is 12.2 Å². The SMILES string of the molecule is Cc1ccc(NC(=S)NC(=O)/C=C/c2ccc(F)cc2)cc1. The van der Waals surface area contributed by atoms with Gasteiger partial charge in [0.25, 0.3) is 0 Å². The zero-order valence-corrected chi connectivity index (χ0v) is 12.8. The molecule has 2 N–H and O–H groups in total. The molecule has 2 rings (SSSR count). The average Bonchev–Trinajstić information content (AvgIpc) is 2.49. The van der Waals surface area contributed by atoms with Crippen molar-refractivity contribution in [2.75, 3.05) is 5.32 Å². The lowest BCUT2D eigenvalue weighted by Gasteiger charge is -2.08. The van der Waals surface area contributed by atoms with Gasteiger partial charge in [-0.25, -0.2) is 4.39 Å². The summed E-state index contributed by atoms with van der Waals surface area (Å²) in [5, 5.41) is 5.69. The van der Waals surface area contributed by atoms with E-state index in [-0.39, 0.29) is 16.8 Å². The highest BCUT2D eigenvalue weighted by Crippen LogP contribution is 2.08. The van der Waals surface area contributed by atoms with Crippen molar-refractivity contribution in [2.24, 2.45) is 0 Å². The molecule has 0 bridgehead atoms. The fraction of sp³-hybridized carbons (Fsp3) is 0.0588. The third-order valence-electron chi connectivity index (χ3n) is 2.84. The number of aryl methyl sites for hydroxylation is 1. The summed E-state index contributed by atoms with van der Waals surface area (Å²) >= 11 is 5.07. The Kier molecular flexibility index (Phi) is 5.38. The average molecular weight is 314 g/mol. The standard InChI is InChI=1S/C17H15FN2OS/c1-12-2-9-15(10-3-12)19-17(22)20-16(21)11-6-13-4-7-14(18)8-5-13/h2-11H,1H3,(H2,19,20,21,22)/b11-6+. The van der Waals surface area contributed by atoms with Gasteiger partial charge in [0.2, 0.25) is 5.91 Å². The predicted octanol–water partition coefficient (Wildman–Crippen LogP) is 3.66. The maximum absolute atomic E-state index is 12.8. The second-order valence-corrected chi connectivity index (χ2v) is 5.10. The lowest BCUT2D eigenvalue weighted by Crippen LogP contribution is -2.32. The monoisotopic (exact) mass is 314 g/mol. The zero-order chi connectivity index (χ0) is 15.9. The topological polar surface area (TPSA) is 41.1 Å². The smallest absolute Gasteiger partial charge is 0.250 e. The molecule has 0 unspecified atom stereocenters. The van der Waals surface area contributed by atoms with E-state index in [1.807, 2.05) is 31.2 Å². The third kappa shape index (κ3) is 5.10. The van der Waals surface area contributed by atoms with Gasteiger partial charge in [0.1, 0.15) is 5.82 Å². The van der Waals surface area contributed by atoms with E-state index in [9.17, 15) is 9.18 Å². The highest BCUT2D eigenvalue weighted by atomic mass is 32.1. The molecule has 1 amide bonds. The molecular weight excluding hydrogens is 299 g/mol. The van der Waals surface area contributed by atoms with Crippen LogP contribution in [0.25, 0.3) is 6.08 Å². The second kappa shape index (κ2) is 7.47. The summed E-state index contributed by atoms with van der Waals surface area (Å²) in [5.41, 5.74) is 2.68. The van der Waals surface area contributed by atoms with Gasteiger partial charge in [-0.3, -0.25) is 10.1 Å². The first kappa shape index (κ1) is 15.9. The molecule has 0 aliphatic carbocycles. The Morgan fingerprint density at radius 3 is 2.36 bits per heavy atom. The van der Waals surface area contributed by atoms with Crippen LogP contribution in [-0.4, -0.2) is 11.0 Å². The Balaban J connectivity index is 1.87. The maximum Gasteiger partial charge on any atom is 0.250 e. The Labute approximate surface area is 133 Å². The van der Waals surface area contributed by atoms with Gasteiger partial charge < -0.3 is 5.32 Å². The Morgan fingerprint density at radius 2 is 1.73 bits per heavy atom. The fourth-order valence-corrected chi connectivity index (χ4v) is 1.92. The molecule has 5 heteroatoms. The number of rotatable bonds is 3. The van der Waals surface area contributed by atoms with Gasteiger partial charge in [-0.15, -0.1) is 0 Å². The first-order chi connectivity index (χ1) is 10.5. The molecule has 0 aliphatic rings. The molecule has 2 aromatic carbocycles. The molecule has 2 aromatic rings. The van der Waals surface area contributed by atoms with Crippen molar-refractivity contribution in [3.8, 4) is 0 Å². The summed E-state index contributed by atoms with van der Waals surface area (Å²) in [6, 6.07) is 13.5. The molecule has 0 aromatic heterocycles. The van der Waals surface area contributed by atoms with Crippen molar-refractivity contribution in [3.05, 3.63) is 71.6 Å². The Hall–Kier alpha value is -2.53. The highest BCUT2D eigenvalue weighted by molar-refractivity contribution is 7.80. The van der Waals surface area contributed by atoms with E-state index in [2.05, 4.69) is 10.6 Å². The molecule has 3 nitrogen and oxygen atoms in total. The summed E-state index contributed by atoms with van der Waals surface area (Å²) in [6.07, 6.45) is 2.93. The molecule has 0 saturated carbocycles. The lowest BCUT2D eigenvalue weighted by atomic mass is 10.2. The van der Waals surface area contributed by atoms with Gasteiger partial charge in [-0.2, -0.15) is 0 Å². The summed E-state index contributed by atoms with van der Waals surface area (Å²) in [5.74, 6) is -0.668. The lowest BCUT2D eigenvalue weighted by molar-refractivity contribution is -0.115. The van der Waals surface area contributed by atoms with Crippen LogP contribution in [0.15, 0.2) is 54.6 Å². The third-order valence-corrected chi connectivity index (χ3v) is 3.05. The number of hydrogen-bond acceptors (Lipinski definition) is 2. The van der Waals surface area contributed by atoms with E-state index >= 15 is 0 Å². The number of carbonyl (C=O) groups is 1. The van der Waals surface area contributed by atoms with E-state index in [0.29, 0.717) is 0 Å². The molecule has 112 valence electrons. The Bertz CT molecular complexity index is 694. The number of thiocarbonyl (C=S) groups is 1. The number of nitrogens with one attached hydrogen (secondary N) is 2. The number of carbonyl (C=O) groups excluding carboxylic acids is 1. The van der Waals surface area contributed by atoms with Gasteiger partial charge in [0.05, 0.1) is 0 Å². The molecule has 0 radical (unpaired) electrons. The summed E-state index contributed by atoms with van der Waals surface area (Å²) in [7, 11) is 0. The number of benzene rings is 2. The molecule has 0 fully saturated rings.